The number of hydrogen-bond acceptors (Lipinski definition) is 4. The largest absolute Gasteiger partial charge is 0.497 e. The topological polar surface area (TPSA) is 79.0 Å². The summed E-state index contributed by atoms with van der Waals surface area (Å²) in [4.78, 5) is 39.7. The number of anilines is 2. The molecule has 32 heavy (non-hydrogen) atoms. The summed E-state index contributed by atoms with van der Waals surface area (Å²) in [7, 11) is 2.96. The number of carbonyl (C=O) groups is 3. The molecule has 1 saturated heterocycles. The van der Waals surface area contributed by atoms with Crippen molar-refractivity contribution in [2.75, 3.05) is 37.5 Å². The number of nitrogens with zero attached hydrogens (tertiary/aromatic N) is 2. The summed E-state index contributed by atoms with van der Waals surface area (Å²) >= 11 is 0. The van der Waals surface area contributed by atoms with E-state index in [4.69, 9.17) is 4.74 Å². The van der Waals surface area contributed by atoms with Gasteiger partial charge < -0.3 is 19.9 Å². The van der Waals surface area contributed by atoms with E-state index in [2.05, 4.69) is 5.32 Å². The van der Waals surface area contributed by atoms with Gasteiger partial charge in [0.15, 0.2) is 0 Å². The smallest absolute Gasteiger partial charge is 0.416 e. The fourth-order valence-corrected chi connectivity index (χ4v) is 3.45. The molecule has 1 aliphatic heterocycles. The van der Waals surface area contributed by atoms with E-state index in [0.717, 1.165) is 12.1 Å². The first kappa shape index (κ1) is 23.1. The molecule has 10 heteroatoms. The second-order valence-corrected chi connectivity index (χ2v) is 7.42. The van der Waals surface area contributed by atoms with Gasteiger partial charge in [-0.15, -0.1) is 0 Å². The summed E-state index contributed by atoms with van der Waals surface area (Å²) in [5.41, 5.74) is -0.256. The first-order valence-corrected chi connectivity index (χ1v) is 9.75. The lowest BCUT2D eigenvalue weighted by Gasteiger charge is -2.21. The summed E-state index contributed by atoms with van der Waals surface area (Å²) in [5.74, 6) is -1.43. The van der Waals surface area contributed by atoms with E-state index in [-0.39, 0.29) is 25.2 Å². The first-order valence-electron chi connectivity index (χ1n) is 9.75. The lowest BCUT2D eigenvalue weighted by Crippen LogP contribution is -2.39. The summed E-state index contributed by atoms with van der Waals surface area (Å²) in [5, 5.41) is 2.66. The molecule has 3 rings (SSSR count). The Morgan fingerprint density at radius 1 is 1.19 bits per heavy atom. The van der Waals surface area contributed by atoms with Gasteiger partial charge in [0.25, 0.3) is 0 Å². The van der Waals surface area contributed by atoms with Crippen LogP contribution in [0.15, 0.2) is 48.5 Å². The minimum absolute atomic E-state index is 0.0522. The number of benzene rings is 2. The zero-order valence-electron chi connectivity index (χ0n) is 17.5. The number of halogens is 3. The average Bonchev–Trinajstić information content (AvgIpc) is 3.14. The van der Waals surface area contributed by atoms with E-state index in [9.17, 15) is 27.6 Å². The van der Waals surface area contributed by atoms with Gasteiger partial charge >= 0.3 is 6.18 Å². The third-order valence-corrected chi connectivity index (χ3v) is 5.09. The number of hydrogen-bond donors (Lipinski definition) is 1. The fraction of sp³-hybridized carbons (Fsp3) is 0.318. The molecular formula is C22H22F3N3O4. The van der Waals surface area contributed by atoms with Gasteiger partial charge in [0.1, 0.15) is 5.75 Å². The maximum absolute atomic E-state index is 13.0. The molecule has 1 N–H and O–H groups in total. The Kier molecular flexibility index (Phi) is 6.71. The summed E-state index contributed by atoms with van der Waals surface area (Å²) < 4.78 is 44.0. The highest BCUT2D eigenvalue weighted by molar-refractivity contribution is 6.01. The molecule has 2 aromatic rings. The molecule has 170 valence electrons. The van der Waals surface area contributed by atoms with Gasteiger partial charge in [-0.3, -0.25) is 14.4 Å². The number of ether oxygens (including phenoxy) is 1. The number of methoxy groups -OCH3 is 1. The van der Waals surface area contributed by atoms with Crippen molar-refractivity contribution in [2.45, 2.75) is 12.6 Å². The maximum atomic E-state index is 13.0. The van der Waals surface area contributed by atoms with Gasteiger partial charge in [0.05, 0.1) is 25.1 Å². The van der Waals surface area contributed by atoms with Gasteiger partial charge in [0, 0.05) is 31.4 Å². The summed E-state index contributed by atoms with van der Waals surface area (Å²) in [6, 6.07) is 11.1. The van der Waals surface area contributed by atoms with Crippen LogP contribution in [0.5, 0.6) is 5.75 Å². The molecule has 2 aromatic carbocycles. The van der Waals surface area contributed by atoms with Gasteiger partial charge in [-0.2, -0.15) is 13.2 Å². The Bertz CT molecular complexity index is 1010. The minimum atomic E-state index is -4.54. The number of carbonyl (C=O) groups excluding carboxylic acids is 3. The fourth-order valence-electron chi connectivity index (χ4n) is 3.45. The van der Waals surface area contributed by atoms with E-state index in [1.807, 2.05) is 0 Å². The molecule has 0 unspecified atom stereocenters. The number of likely N-dealkylation sites (N-methyl/N-ethyl adjacent to an activating group) is 1. The predicted molar refractivity (Wildman–Crippen MR) is 111 cm³/mol. The molecule has 0 saturated carbocycles. The highest BCUT2D eigenvalue weighted by Crippen LogP contribution is 2.33. The Morgan fingerprint density at radius 3 is 2.50 bits per heavy atom. The first-order chi connectivity index (χ1) is 15.1. The van der Waals surface area contributed by atoms with Crippen LogP contribution >= 0.6 is 0 Å². The molecule has 0 aromatic heterocycles. The van der Waals surface area contributed by atoms with Crippen molar-refractivity contribution in [3.05, 3.63) is 54.1 Å². The van der Waals surface area contributed by atoms with Crippen LogP contribution in [0, 0.1) is 5.92 Å². The lowest BCUT2D eigenvalue weighted by atomic mass is 10.1. The SMILES string of the molecule is COc1ccc(NC(=O)CN(C)C(=O)[C@@H]2CC(=O)N(c3cccc(C(F)(F)F)c3)C2)cc1. The molecule has 1 fully saturated rings. The molecule has 1 atom stereocenters. The maximum Gasteiger partial charge on any atom is 0.416 e. The van der Waals surface area contributed by atoms with Crippen LogP contribution in [0.3, 0.4) is 0 Å². The Morgan fingerprint density at radius 2 is 1.88 bits per heavy atom. The van der Waals surface area contributed by atoms with Gasteiger partial charge in [0.2, 0.25) is 17.7 Å². The van der Waals surface area contributed by atoms with Crippen LogP contribution in [-0.4, -0.2) is 49.9 Å². The average molecular weight is 449 g/mol. The van der Waals surface area contributed by atoms with Crippen LogP contribution in [0.2, 0.25) is 0 Å². The predicted octanol–water partition coefficient (Wildman–Crippen LogP) is 3.16. The van der Waals surface area contributed by atoms with Crippen LogP contribution in [0.4, 0.5) is 24.5 Å². The number of nitrogens with one attached hydrogen (secondary N) is 1. The van der Waals surface area contributed by atoms with Crippen molar-refractivity contribution in [1.29, 1.82) is 0 Å². The monoisotopic (exact) mass is 449 g/mol. The third-order valence-electron chi connectivity index (χ3n) is 5.09. The van der Waals surface area contributed by atoms with Crippen molar-refractivity contribution in [3.63, 3.8) is 0 Å². The number of amides is 3. The molecule has 1 heterocycles. The van der Waals surface area contributed by atoms with Gasteiger partial charge in [-0.05, 0) is 42.5 Å². The van der Waals surface area contributed by atoms with Crippen molar-refractivity contribution in [1.82, 2.24) is 4.90 Å². The van der Waals surface area contributed by atoms with E-state index in [1.165, 1.54) is 36.1 Å². The Balaban J connectivity index is 1.60. The van der Waals surface area contributed by atoms with E-state index in [1.54, 1.807) is 24.3 Å². The van der Waals surface area contributed by atoms with Crippen molar-refractivity contribution < 1.29 is 32.3 Å². The molecule has 7 nitrogen and oxygen atoms in total. The number of alkyl halides is 3. The molecule has 0 radical (unpaired) electrons. The molecule has 0 bridgehead atoms. The standard InChI is InChI=1S/C22H22F3N3O4/c1-27(13-19(29)26-16-6-8-18(32-2)9-7-16)21(31)14-10-20(30)28(12-14)17-5-3-4-15(11-17)22(23,24)25/h3-9,11,14H,10,12-13H2,1-2H3,(H,26,29)/t14-/m1/s1. The Hall–Kier alpha value is -3.56. The highest BCUT2D eigenvalue weighted by Gasteiger charge is 2.38. The van der Waals surface area contributed by atoms with Crippen molar-refractivity contribution >= 4 is 29.1 Å². The van der Waals surface area contributed by atoms with Crippen LogP contribution in [0.1, 0.15) is 12.0 Å². The van der Waals surface area contributed by atoms with E-state index in [0.29, 0.717) is 11.4 Å². The van der Waals surface area contributed by atoms with Crippen LogP contribution < -0.4 is 15.0 Å². The molecule has 1 aliphatic rings. The number of rotatable bonds is 6. The summed E-state index contributed by atoms with van der Waals surface area (Å²) in [6.07, 6.45) is -4.68. The lowest BCUT2D eigenvalue weighted by molar-refractivity contribution is -0.137. The zero-order valence-corrected chi connectivity index (χ0v) is 17.5. The molecule has 0 aliphatic carbocycles. The molecular weight excluding hydrogens is 427 g/mol. The van der Waals surface area contributed by atoms with E-state index < -0.39 is 35.4 Å². The van der Waals surface area contributed by atoms with Crippen LogP contribution in [0.25, 0.3) is 0 Å². The second kappa shape index (κ2) is 9.29. The molecule has 3 amide bonds. The minimum Gasteiger partial charge on any atom is -0.497 e. The van der Waals surface area contributed by atoms with Gasteiger partial charge in [-0.25, -0.2) is 0 Å². The van der Waals surface area contributed by atoms with Crippen molar-refractivity contribution in [2.24, 2.45) is 5.92 Å². The highest BCUT2D eigenvalue weighted by atomic mass is 19.4. The quantitative estimate of drug-likeness (QED) is 0.735. The van der Waals surface area contributed by atoms with Crippen molar-refractivity contribution in [3.8, 4) is 5.75 Å². The summed E-state index contributed by atoms with van der Waals surface area (Å²) in [6.45, 7) is -0.289. The third kappa shape index (κ3) is 5.37. The van der Waals surface area contributed by atoms with E-state index >= 15 is 0 Å². The Labute approximate surface area is 182 Å². The second-order valence-electron chi connectivity index (χ2n) is 7.42. The molecule has 0 spiro atoms. The van der Waals surface area contributed by atoms with Crippen LogP contribution in [-0.2, 0) is 20.6 Å². The van der Waals surface area contributed by atoms with Gasteiger partial charge in [-0.1, -0.05) is 6.07 Å². The zero-order chi connectivity index (χ0) is 23.5. The normalized spacial score (nSPS) is 16.1.